The van der Waals surface area contributed by atoms with Crippen molar-refractivity contribution in [2.45, 2.75) is 25.4 Å². The number of hydrogen-bond donors (Lipinski definition) is 1. The normalized spacial score (nSPS) is 14.0. The summed E-state index contributed by atoms with van der Waals surface area (Å²) in [7, 11) is 0. The van der Waals surface area contributed by atoms with E-state index in [0.717, 1.165) is 6.92 Å². The standard InChI is InChI=1S/C13H7Cl2F6IN2O/c1-4(25)9-8(13(19,20)21)11(22)24(23-9)10-6(14)2-5(3-7(10)15)12(16,17)18/h2-4,25H,1H3. The number of halogens is 9. The molecule has 0 fully saturated rings. The maximum atomic E-state index is 13.2. The van der Waals surface area contributed by atoms with Crippen LogP contribution >= 0.6 is 45.8 Å². The Morgan fingerprint density at radius 1 is 1.08 bits per heavy atom. The van der Waals surface area contributed by atoms with Gasteiger partial charge in [0.25, 0.3) is 0 Å². The molecule has 1 aromatic carbocycles. The second kappa shape index (κ2) is 6.78. The molecule has 1 unspecified atom stereocenters. The number of aromatic nitrogens is 2. The number of aliphatic hydroxyl groups excluding tert-OH is 1. The van der Waals surface area contributed by atoms with Crippen LogP contribution in [0.3, 0.4) is 0 Å². The van der Waals surface area contributed by atoms with Crippen LogP contribution in [-0.2, 0) is 12.4 Å². The Hall–Kier alpha value is -0.720. The zero-order valence-electron chi connectivity index (χ0n) is 12.0. The van der Waals surface area contributed by atoms with Gasteiger partial charge in [0.05, 0.1) is 21.7 Å². The minimum absolute atomic E-state index is 0.349. The van der Waals surface area contributed by atoms with Crippen molar-refractivity contribution in [2.75, 3.05) is 0 Å². The van der Waals surface area contributed by atoms with Gasteiger partial charge in [0.1, 0.15) is 20.6 Å². The first kappa shape index (κ1) is 20.6. The van der Waals surface area contributed by atoms with Crippen LogP contribution < -0.4 is 0 Å². The van der Waals surface area contributed by atoms with Gasteiger partial charge < -0.3 is 5.11 Å². The fraction of sp³-hybridized carbons (Fsp3) is 0.308. The number of nitrogens with zero attached hydrogens (tertiary/aromatic N) is 2. The topological polar surface area (TPSA) is 38.1 Å². The number of hydrogen-bond acceptors (Lipinski definition) is 2. The molecule has 0 aliphatic rings. The molecule has 12 heteroatoms. The minimum Gasteiger partial charge on any atom is -0.387 e. The molecule has 0 bridgehead atoms. The Bertz CT molecular complexity index is 793. The summed E-state index contributed by atoms with van der Waals surface area (Å²) in [6.45, 7) is 1.08. The third-order valence-corrected chi connectivity index (χ3v) is 4.66. The summed E-state index contributed by atoms with van der Waals surface area (Å²) < 4.78 is 78.2. The van der Waals surface area contributed by atoms with Crippen LogP contribution in [0, 0.1) is 3.70 Å². The van der Waals surface area contributed by atoms with Gasteiger partial charge >= 0.3 is 12.4 Å². The molecule has 1 N–H and O–H groups in total. The van der Waals surface area contributed by atoms with Crippen LogP contribution in [0.2, 0.25) is 10.0 Å². The number of rotatable bonds is 2. The average Bonchev–Trinajstić information content (AvgIpc) is 2.75. The molecule has 0 aliphatic heterocycles. The second-order valence-electron chi connectivity index (χ2n) is 4.92. The summed E-state index contributed by atoms with van der Waals surface area (Å²) in [6.07, 6.45) is -11.1. The zero-order valence-corrected chi connectivity index (χ0v) is 15.6. The van der Waals surface area contributed by atoms with Crippen LogP contribution in [0.15, 0.2) is 12.1 Å². The predicted octanol–water partition coefficient (Wildman–Crippen LogP) is 5.87. The Morgan fingerprint density at radius 3 is 1.88 bits per heavy atom. The average molecular weight is 519 g/mol. The molecule has 2 aromatic rings. The van der Waals surface area contributed by atoms with Gasteiger partial charge in [-0.15, -0.1) is 0 Å². The van der Waals surface area contributed by atoms with Gasteiger partial charge in [0, 0.05) is 0 Å². The van der Waals surface area contributed by atoms with Crippen LogP contribution in [0.1, 0.15) is 29.8 Å². The SMILES string of the molecule is CC(O)c1nn(-c2c(Cl)cc(C(F)(F)F)cc2Cl)c(I)c1C(F)(F)F. The van der Waals surface area contributed by atoms with E-state index in [1.807, 2.05) is 0 Å². The highest BCUT2D eigenvalue weighted by Gasteiger charge is 2.41. The molecule has 138 valence electrons. The lowest BCUT2D eigenvalue weighted by atomic mass is 10.2. The number of benzene rings is 1. The number of alkyl halides is 6. The fourth-order valence-electron chi connectivity index (χ4n) is 2.05. The van der Waals surface area contributed by atoms with Gasteiger partial charge in [-0.2, -0.15) is 31.4 Å². The van der Waals surface area contributed by atoms with Gasteiger partial charge in [-0.1, -0.05) is 23.2 Å². The van der Waals surface area contributed by atoms with Crippen LogP contribution in [-0.4, -0.2) is 14.9 Å². The van der Waals surface area contributed by atoms with E-state index in [-0.39, 0.29) is 5.69 Å². The first-order valence-corrected chi connectivity index (χ1v) is 8.19. The van der Waals surface area contributed by atoms with Gasteiger partial charge in [0.15, 0.2) is 0 Å². The van der Waals surface area contributed by atoms with E-state index >= 15 is 0 Å². The summed E-state index contributed by atoms with van der Waals surface area (Å²) in [5.74, 6) is 0. The highest BCUT2D eigenvalue weighted by molar-refractivity contribution is 14.1. The van der Waals surface area contributed by atoms with Crippen LogP contribution in [0.4, 0.5) is 26.3 Å². The first-order chi connectivity index (χ1) is 11.2. The summed E-state index contributed by atoms with van der Waals surface area (Å²) in [5, 5.41) is 12.1. The second-order valence-corrected chi connectivity index (χ2v) is 6.76. The Labute approximate surface area is 160 Å². The molecular weight excluding hydrogens is 512 g/mol. The first-order valence-electron chi connectivity index (χ1n) is 6.35. The molecule has 0 radical (unpaired) electrons. The van der Waals surface area contributed by atoms with Crippen LogP contribution in [0.5, 0.6) is 0 Å². The van der Waals surface area contributed by atoms with Crippen molar-refractivity contribution in [2.24, 2.45) is 0 Å². The molecule has 1 heterocycles. The molecule has 3 nitrogen and oxygen atoms in total. The van der Waals surface area contributed by atoms with Crippen molar-refractivity contribution in [3.63, 3.8) is 0 Å². The van der Waals surface area contributed by atoms with Crippen molar-refractivity contribution in [1.29, 1.82) is 0 Å². The lowest BCUT2D eigenvalue weighted by molar-refractivity contribution is -0.140. The van der Waals surface area contributed by atoms with Crippen molar-refractivity contribution < 1.29 is 31.4 Å². The van der Waals surface area contributed by atoms with E-state index in [9.17, 15) is 31.4 Å². The van der Waals surface area contributed by atoms with E-state index in [1.54, 1.807) is 0 Å². The molecular formula is C13H7Cl2F6IN2O. The minimum atomic E-state index is -4.84. The third-order valence-electron chi connectivity index (χ3n) is 3.09. The zero-order chi connectivity index (χ0) is 19.3. The summed E-state index contributed by atoms with van der Waals surface area (Å²) in [4.78, 5) is 0. The Kier molecular flexibility index (Phi) is 5.59. The van der Waals surface area contributed by atoms with Crippen molar-refractivity contribution in [1.82, 2.24) is 9.78 Å². The van der Waals surface area contributed by atoms with Gasteiger partial charge in [-0.25, -0.2) is 4.68 Å². The highest BCUT2D eigenvalue weighted by atomic mass is 127. The van der Waals surface area contributed by atoms with Crippen molar-refractivity contribution in [3.05, 3.63) is 42.7 Å². The van der Waals surface area contributed by atoms with E-state index in [4.69, 9.17) is 23.2 Å². The molecule has 0 saturated heterocycles. The van der Waals surface area contributed by atoms with Gasteiger partial charge in [-0.05, 0) is 41.6 Å². The lowest BCUT2D eigenvalue weighted by Gasteiger charge is -2.13. The largest absolute Gasteiger partial charge is 0.420 e. The monoisotopic (exact) mass is 518 g/mol. The third kappa shape index (κ3) is 4.01. The van der Waals surface area contributed by atoms with Crippen LogP contribution in [0.25, 0.3) is 5.69 Å². The van der Waals surface area contributed by atoms with Gasteiger partial charge in [0.2, 0.25) is 0 Å². The summed E-state index contributed by atoms with van der Waals surface area (Å²) in [6, 6.07) is 1.08. The summed E-state index contributed by atoms with van der Waals surface area (Å²) in [5.41, 5.74) is -3.41. The predicted molar refractivity (Wildman–Crippen MR) is 86.9 cm³/mol. The Morgan fingerprint density at radius 2 is 1.56 bits per heavy atom. The van der Waals surface area contributed by atoms with E-state index in [2.05, 4.69) is 5.10 Å². The quantitative estimate of drug-likeness (QED) is 0.398. The molecule has 2 rings (SSSR count). The highest BCUT2D eigenvalue weighted by Crippen LogP contribution is 2.42. The molecule has 0 spiro atoms. The maximum Gasteiger partial charge on any atom is 0.420 e. The maximum absolute atomic E-state index is 13.2. The van der Waals surface area contributed by atoms with E-state index in [0.29, 0.717) is 16.8 Å². The molecule has 1 atom stereocenters. The van der Waals surface area contributed by atoms with E-state index < -0.39 is 49.0 Å². The number of aliphatic hydroxyl groups is 1. The molecule has 0 aliphatic carbocycles. The fourth-order valence-corrected chi connectivity index (χ4v) is 3.63. The molecule has 0 amide bonds. The molecule has 1 aromatic heterocycles. The lowest BCUT2D eigenvalue weighted by Crippen LogP contribution is -2.11. The van der Waals surface area contributed by atoms with Gasteiger partial charge in [-0.3, -0.25) is 0 Å². The smallest absolute Gasteiger partial charge is 0.387 e. The van der Waals surface area contributed by atoms with Crippen molar-refractivity contribution >= 4 is 45.8 Å². The summed E-state index contributed by atoms with van der Waals surface area (Å²) >= 11 is 12.9. The molecule has 25 heavy (non-hydrogen) atoms. The Balaban J connectivity index is 2.76. The van der Waals surface area contributed by atoms with E-state index in [1.165, 1.54) is 22.6 Å². The molecule has 0 saturated carbocycles. The van der Waals surface area contributed by atoms with Crippen molar-refractivity contribution in [3.8, 4) is 5.69 Å².